The van der Waals surface area contributed by atoms with Crippen molar-refractivity contribution >= 4 is 5.91 Å². The van der Waals surface area contributed by atoms with Gasteiger partial charge in [0.2, 0.25) is 5.91 Å². The zero-order valence-corrected chi connectivity index (χ0v) is 16.3. The summed E-state index contributed by atoms with van der Waals surface area (Å²) < 4.78 is 43.9. The predicted octanol–water partition coefficient (Wildman–Crippen LogP) is 4.04. The second-order valence-corrected chi connectivity index (χ2v) is 7.30. The number of para-hydroxylation sites is 1. The van der Waals surface area contributed by atoms with Crippen LogP contribution in [0, 0.1) is 0 Å². The van der Waals surface area contributed by atoms with Gasteiger partial charge in [-0.25, -0.2) is 0 Å². The normalized spacial score (nSPS) is 15.9. The molecule has 0 bridgehead atoms. The lowest BCUT2D eigenvalue weighted by Crippen LogP contribution is -2.44. The van der Waals surface area contributed by atoms with Crippen LogP contribution in [0.15, 0.2) is 48.5 Å². The Morgan fingerprint density at radius 2 is 1.86 bits per heavy atom. The largest absolute Gasteiger partial charge is 0.496 e. The zero-order valence-electron chi connectivity index (χ0n) is 16.3. The summed E-state index contributed by atoms with van der Waals surface area (Å²) in [5.74, 6) is 0.643. The number of methoxy groups -OCH3 is 1. The van der Waals surface area contributed by atoms with E-state index >= 15 is 0 Å². The van der Waals surface area contributed by atoms with Gasteiger partial charge in [-0.05, 0) is 30.5 Å². The first-order chi connectivity index (χ1) is 13.8. The van der Waals surface area contributed by atoms with Crippen LogP contribution in [-0.2, 0) is 23.9 Å². The van der Waals surface area contributed by atoms with Gasteiger partial charge in [0.15, 0.2) is 0 Å². The highest BCUT2D eigenvalue weighted by atomic mass is 19.4. The van der Waals surface area contributed by atoms with E-state index in [2.05, 4.69) is 10.2 Å². The van der Waals surface area contributed by atoms with Crippen molar-refractivity contribution in [1.82, 2.24) is 10.2 Å². The van der Waals surface area contributed by atoms with Crippen molar-refractivity contribution < 1.29 is 22.7 Å². The third-order valence-electron chi connectivity index (χ3n) is 5.16. The molecule has 1 aliphatic rings. The molecule has 1 heterocycles. The second kappa shape index (κ2) is 9.31. The van der Waals surface area contributed by atoms with Crippen LogP contribution in [0.4, 0.5) is 13.2 Å². The van der Waals surface area contributed by atoms with E-state index in [9.17, 15) is 18.0 Å². The lowest BCUT2D eigenvalue weighted by molar-refractivity contribution is -0.137. The average molecular weight is 406 g/mol. The number of ether oxygens (including phenoxy) is 1. The topological polar surface area (TPSA) is 41.6 Å². The smallest absolute Gasteiger partial charge is 0.416 e. The molecule has 0 saturated carbocycles. The average Bonchev–Trinajstić information content (AvgIpc) is 2.69. The van der Waals surface area contributed by atoms with Gasteiger partial charge in [-0.3, -0.25) is 9.69 Å². The van der Waals surface area contributed by atoms with E-state index in [1.807, 2.05) is 24.3 Å². The number of halogens is 3. The molecule has 4 nitrogen and oxygen atoms in total. The molecule has 7 heteroatoms. The van der Waals surface area contributed by atoms with E-state index in [-0.39, 0.29) is 18.4 Å². The Hall–Kier alpha value is -2.54. The summed E-state index contributed by atoms with van der Waals surface area (Å²) in [7, 11) is 1.58. The van der Waals surface area contributed by atoms with E-state index in [0.717, 1.165) is 37.6 Å². The molecular formula is C22H25F3N2O2. The molecule has 1 aliphatic heterocycles. The van der Waals surface area contributed by atoms with Crippen molar-refractivity contribution in [1.29, 1.82) is 0 Å². The van der Waals surface area contributed by atoms with Gasteiger partial charge in [0.25, 0.3) is 0 Å². The molecule has 0 aliphatic carbocycles. The Morgan fingerprint density at radius 3 is 2.55 bits per heavy atom. The summed E-state index contributed by atoms with van der Waals surface area (Å²) in [6.45, 7) is 1.94. The van der Waals surface area contributed by atoms with Gasteiger partial charge in [-0.1, -0.05) is 36.4 Å². The Balaban J connectivity index is 1.47. The number of rotatable bonds is 6. The van der Waals surface area contributed by atoms with Gasteiger partial charge in [-0.15, -0.1) is 0 Å². The monoisotopic (exact) mass is 406 g/mol. The standard InChI is InChI=1S/C22H25F3N2O2/c1-29-20-8-3-2-6-17(20)14-21(28)26-19-9-11-27(12-10-19)15-16-5-4-7-18(13-16)22(23,24)25/h2-8,13,19H,9-12,14-15H2,1H3,(H,26,28). The molecule has 1 N–H and O–H groups in total. The van der Waals surface area contributed by atoms with Crippen molar-refractivity contribution in [2.75, 3.05) is 20.2 Å². The summed E-state index contributed by atoms with van der Waals surface area (Å²) in [4.78, 5) is 14.5. The molecule has 0 atom stereocenters. The summed E-state index contributed by atoms with van der Waals surface area (Å²) in [5, 5.41) is 3.06. The minimum Gasteiger partial charge on any atom is -0.496 e. The fraction of sp³-hybridized carbons (Fsp3) is 0.409. The van der Waals surface area contributed by atoms with Gasteiger partial charge in [0.05, 0.1) is 19.1 Å². The van der Waals surface area contributed by atoms with Crippen LogP contribution < -0.4 is 10.1 Å². The maximum absolute atomic E-state index is 12.9. The Morgan fingerprint density at radius 1 is 1.14 bits per heavy atom. The first-order valence-corrected chi connectivity index (χ1v) is 9.65. The molecule has 0 radical (unpaired) electrons. The van der Waals surface area contributed by atoms with Crippen molar-refractivity contribution in [2.24, 2.45) is 0 Å². The van der Waals surface area contributed by atoms with Crippen LogP contribution in [0.25, 0.3) is 0 Å². The third-order valence-corrected chi connectivity index (χ3v) is 5.16. The first-order valence-electron chi connectivity index (χ1n) is 9.65. The number of benzene rings is 2. The van der Waals surface area contributed by atoms with Crippen LogP contribution in [0.1, 0.15) is 29.5 Å². The lowest BCUT2D eigenvalue weighted by Gasteiger charge is -2.32. The number of hydrogen-bond donors (Lipinski definition) is 1. The van der Waals surface area contributed by atoms with Crippen LogP contribution >= 0.6 is 0 Å². The summed E-state index contributed by atoms with van der Waals surface area (Å²) >= 11 is 0. The first kappa shape index (κ1) is 21.2. The molecule has 1 saturated heterocycles. The zero-order chi connectivity index (χ0) is 20.9. The number of nitrogens with zero attached hydrogens (tertiary/aromatic N) is 1. The third kappa shape index (κ3) is 5.97. The molecule has 1 amide bonds. The summed E-state index contributed by atoms with van der Waals surface area (Å²) in [6, 6.07) is 13.0. The number of piperidine rings is 1. The maximum atomic E-state index is 12.9. The van der Waals surface area contributed by atoms with Gasteiger partial charge >= 0.3 is 6.18 Å². The van der Waals surface area contributed by atoms with Crippen molar-refractivity contribution in [2.45, 2.75) is 38.0 Å². The van der Waals surface area contributed by atoms with E-state index in [4.69, 9.17) is 4.74 Å². The fourth-order valence-electron chi connectivity index (χ4n) is 3.64. The number of likely N-dealkylation sites (tertiary alicyclic amines) is 1. The van der Waals surface area contributed by atoms with Crippen LogP contribution in [0.3, 0.4) is 0 Å². The molecule has 3 rings (SSSR count). The highest BCUT2D eigenvalue weighted by molar-refractivity contribution is 5.79. The SMILES string of the molecule is COc1ccccc1CC(=O)NC1CCN(Cc2cccc(C(F)(F)F)c2)CC1. The van der Waals surface area contributed by atoms with Crippen molar-refractivity contribution in [3.63, 3.8) is 0 Å². The van der Waals surface area contributed by atoms with Crippen molar-refractivity contribution in [3.05, 3.63) is 65.2 Å². The van der Waals surface area contributed by atoms with Crippen LogP contribution in [0.5, 0.6) is 5.75 Å². The summed E-state index contributed by atoms with van der Waals surface area (Å²) in [5.41, 5.74) is 0.876. The molecule has 29 heavy (non-hydrogen) atoms. The van der Waals surface area contributed by atoms with Crippen molar-refractivity contribution in [3.8, 4) is 5.75 Å². The molecule has 156 valence electrons. The molecule has 2 aromatic carbocycles. The van der Waals surface area contributed by atoms with Gasteiger partial charge in [0, 0.05) is 31.2 Å². The Kier molecular flexibility index (Phi) is 6.79. The minimum atomic E-state index is -4.32. The Labute approximate surface area is 168 Å². The van der Waals surface area contributed by atoms with Gasteiger partial charge in [-0.2, -0.15) is 13.2 Å². The minimum absolute atomic E-state index is 0.0502. The van der Waals surface area contributed by atoms with Crippen LogP contribution in [0.2, 0.25) is 0 Å². The van der Waals surface area contributed by atoms with E-state index in [1.165, 1.54) is 12.1 Å². The number of hydrogen-bond acceptors (Lipinski definition) is 3. The quantitative estimate of drug-likeness (QED) is 0.787. The number of alkyl halides is 3. The maximum Gasteiger partial charge on any atom is 0.416 e. The van der Waals surface area contributed by atoms with Crippen LogP contribution in [-0.4, -0.2) is 37.0 Å². The number of amides is 1. The summed E-state index contributed by atoms with van der Waals surface area (Å²) in [6.07, 6.45) is -2.52. The van der Waals surface area contributed by atoms with E-state index in [1.54, 1.807) is 13.2 Å². The molecule has 2 aromatic rings. The van der Waals surface area contributed by atoms with E-state index in [0.29, 0.717) is 17.9 Å². The number of carbonyl (C=O) groups is 1. The second-order valence-electron chi connectivity index (χ2n) is 7.30. The highest BCUT2D eigenvalue weighted by Gasteiger charge is 2.30. The lowest BCUT2D eigenvalue weighted by atomic mass is 10.0. The van der Waals surface area contributed by atoms with Gasteiger partial charge < -0.3 is 10.1 Å². The molecule has 0 spiro atoms. The molecule has 1 fully saturated rings. The Bertz CT molecular complexity index is 831. The van der Waals surface area contributed by atoms with E-state index < -0.39 is 11.7 Å². The van der Waals surface area contributed by atoms with Gasteiger partial charge in [0.1, 0.15) is 5.75 Å². The number of carbonyl (C=O) groups excluding carboxylic acids is 1. The fourth-order valence-corrected chi connectivity index (χ4v) is 3.64. The molecular weight excluding hydrogens is 381 g/mol. The predicted molar refractivity (Wildman–Crippen MR) is 105 cm³/mol. The highest BCUT2D eigenvalue weighted by Crippen LogP contribution is 2.30. The number of nitrogens with one attached hydrogen (secondary N) is 1. The molecule has 0 unspecified atom stereocenters. The molecule has 0 aromatic heterocycles.